The van der Waals surface area contributed by atoms with E-state index in [2.05, 4.69) is 47.5 Å². The summed E-state index contributed by atoms with van der Waals surface area (Å²) < 4.78 is 32.5. The van der Waals surface area contributed by atoms with Gasteiger partial charge in [0.25, 0.3) is 11.8 Å². The Morgan fingerprint density at radius 1 is 0.893 bits per heavy atom. The number of ether oxygens (including phenoxy) is 3. The maximum atomic E-state index is 16.3. The molecule has 31 nitrogen and oxygen atoms in total. The number of aromatic nitrogens is 1. The summed E-state index contributed by atoms with van der Waals surface area (Å²) in [6.07, 6.45) is -6.29. The number of nitrogens with two attached hydrogens (primary N) is 1. The largest absolute Gasteiger partial charge is 0.508 e. The van der Waals surface area contributed by atoms with Crippen LogP contribution in [-0.2, 0) is 84.3 Å². The third-order valence-corrected chi connectivity index (χ3v) is 17.2. The molecule has 0 aliphatic carbocycles. The molecular formula is C52H68N12O19S. The quantitative estimate of drug-likeness (QED) is 0.0356. The van der Waals surface area contributed by atoms with Crippen molar-refractivity contribution in [2.24, 2.45) is 17.6 Å². The van der Waals surface area contributed by atoms with Crippen LogP contribution in [-0.4, -0.2) is 194 Å². The number of aldehydes is 1. The van der Waals surface area contributed by atoms with E-state index in [1.165, 1.54) is 25.1 Å². The highest BCUT2D eigenvalue weighted by Crippen LogP contribution is 2.42. The highest BCUT2D eigenvalue weighted by molar-refractivity contribution is 7.85. The molecule has 32 heteroatoms. The smallest absolute Gasteiger partial charge is 0.465 e. The first-order chi connectivity index (χ1) is 40.0. The Morgan fingerprint density at radius 3 is 2.27 bits per heavy atom. The summed E-state index contributed by atoms with van der Waals surface area (Å²) in [5.74, 6) is -12.3. The normalized spacial score (nSPS) is 29.9. The number of carbonyl (C=O) groups excluding carboxylic acids is 13. The van der Waals surface area contributed by atoms with Crippen LogP contribution >= 0.6 is 0 Å². The van der Waals surface area contributed by atoms with E-state index in [1.54, 1.807) is 13.8 Å². The highest BCUT2D eigenvalue weighted by atomic mass is 32.2. The van der Waals surface area contributed by atoms with Gasteiger partial charge in [-0.15, -0.1) is 5.06 Å². The van der Waals surface area contributed by atoms with Gasteiger partial charge < -0.3 is 72.1 Å². The van der Waals surface area contributed by atoms with Crippen LogP contribution in [0.4, 0.5) is 9.59 Å². The van der Waals surface area contributed by atoms with Crippen molar-refractivity contribution >= 4 is 99.2 Å². The molecule has 1 aromatic heterocycles. The third kappa shape index (κ3) is 13.6. The molecule has 0 spiro atoms. The van der Waals surface area contributed by atoms with Crippen molar-refractivity contribution in [1.82, 2.24) is 57.5 Å². The van der Waals surface area contributed by atoms with Crippen molar-refractivity contribution in [1.29, 1.82) is 0 Å². The number of unbranched alkanes of at least 4 members (excludes halogenated alkanes) is 3. The summed E-state index contributed by atoms with van der Waals surface area (Å²) in [6.45, 7) is 2.25. The number of aliphatic hydroxyl groups is 1. The summed E-state index contributed by atoms with van der Waals surface area (Å²) >= 11 is 0. The van der Waals surface area contributed by atoms with Crippen molar-refractivity contribution in [2.45, 2.75) is 150 Å². The molecule has 0 saturated carbocycles. The number of carbonyl (C=O) groups is 13. The SMILES string of the molecule is CC[C@H](C)[C@@H]1NC(=O)CNC(=O)C2Cc3c4[nH]c5cc(ccc35)OC(CCCCCCNC(=O)ON3C(=O)CCC3=O)(C(=O)[C@H](CC(N)=O)NC(=O)C(CS4=O)NC(=O)CNC1=O)N1C[C@H](O)C[C@]1(C=O)N[C@@H]([C@@H](C)C1COC(=O)O1)C(=O)N2. The third-order valence-electron chi connectivity index (χ3n) is 15.8. The molecule has 3 saturated heterocycles. The zero-order valence-electron chi connectivity index (χ0n) is 46.2. The predicted molar refractivity (Wildman–Crippen MR) is 286 cm³/mol. The maximum absolute atomic E-state index is 16.3. The number of nitrogens with one attached hydrogen (secondary N) is 9. The highest BCUT2D eigenvalue weighted by Gasteiger charge is 2.62. The van der Waals surface area contributed by atoms with Crippen molar-refractivity contribution in [3.63, 3.8) is 0 Å². The molecule has 9 rings (SSSR count). The Balaban J connectivity index is 1.30. The van der Waals surface area contributed by atoms with Gasteiger partial charge in [0.05, 0.1) is 53.7 Å². The van der Waals surface area contributed by atoms with Gasteiger partial charge in [-0.3, -0.25) is 62.3 Å². The molecule has 7 aliphatic heterocycles. The molecule has 84 heavy (non-hydrogen) atoms. The number of amides is 10. The minimum Gasteiger partial charge on any atom is -0.465 e. The summed E-state index contributed by atoms with van der Waals surface area (Å²) in [6, 6.07) is -4.32. The van der Waals surface area contributed by atoms with Crippen LogP contribution in [0.25, 0.3) is 10.9 Å². The van der Waals surface area contributed by atoms with Gasteiger partial charge in [0.1, 0.15) is 53.3 Å². The van der Waals surface area contributed by atoms with Crippen molar-refractivity contribution < 1.29 is 90.7 Å². The second-order valence-electron chi connectivity index (χ2n) is 21.6. The molecule has 7 aliphatic rings. The Bertz CT molecular complexity index is 3020. The summed E-state index contributed by atoms with van der Waals surface area (Å²) in [7, 11) is -2.40. The van der Waals surface area contributed by atoms with Gasteiger partial charge in [-0.05, 0) is 36.5 Å². The number of H-pyrrole nitrogens is 1. The molecule has 2 aromatic rings. The minimum atomic E-state index is -2.62. The predicted octanol–water partition coefficient (Wildman–Crippen LogP) is -3.57. The van der Waals surface area contributed by atoms with Crippen LogP contribution in [0.3, 0.4) is 0 Å². The number of hydrogen-bond acceptors (Lipinski definition) is 21. The summed E-state index contributed by atoms with van der Waals surface area (Å²) in [5.41, 5.74) is 1.09. The van der Waals surface area contributed by atoms with Crippen LogP contribution in [0.15, 0.2) is 23.2 Å². The van der Waals surface area contributed by atoms with Crippen molar-refractivity contribution in [3.05, 3.63) is 23.8 Å². The lowest BCUT2D eigenvalue weighted by Gasteiger charge is -2.49. The van der Waals surface area contributed by atoms with Crippen molar-refractivity contribution in [3.8, 4) is 5.75 Å². The Morgan fingerprint density at radius 2 is 1.60 bits per heavy atom. The number of nitrogens with zero attached hydrogens (tertiary/aromatic N) is 2. The van der Waals surface area contributed by atoms with E-state index in [-0.39, 0.29) is 65.9 Å². The topological polar surface area (TPSA) is 441 Å². The number of hydrogen-bond donors (Lipinski definition) is 11. The Hall–Kier alpha value is -8.10. The molecule has 8 heterocycles. The number of primary amides is 1. The summed E-state index contributed by atoms with van der Waals surface area (Å²) in [5, 5.41) is 33.1. The molecule has 1 aromatic carbocycles. The molecule has 10 amide bonds. The first-order valence-corrected chi connectivity index (χ1v) is 28.9. The number of imide groups is 1. The molecule has 5 unspecified atom stereocenters. The van der Waals surface area contributed by atoms with Gasteiger partial charge in [-0.1, -0.05) is 40.0 Å². The first kappa shape index (κ1) is 62.0. The molecule has 456 valence electrons. The fraction of sp³-hybridized carbons (Fsp3) is 0.596. The molecule has 0 radical (unpaired) electrons. The number of ketones is 1. The van der Waals surface area contributed by atoms with E-state index >= 15 is 13.8 Å². The lowest BCUT2D eigenvalue weighted by atomic mass is 9.88. The van der Waals surface area contributed by atoms with E-state index in [4.69, 9.17) is 24.8 Å². The van der Waals surface area contributed by atoms with Crippen LogP contribution in [0.5, 0.6) is 5.75 Å². The van der Waals surface area contributed by atoms with Crippen LogP contribution < -0.4 is 53.0 Å². The fourth-order valence-corrected chi connectivity index (χ4v) is 12.6. The number of rotatable bonds is 15. The number of fused-ring (bicyclic) bond motifs is 6. The molecule has 12 atom stereocenters. The van der Waals surface area contributed by atoms with Crippen molar-refractivity contribution in [2.75, 3.05) is 38.5 Å². The van der Waals surface area contributed by atoms with Crippen LogP contribution in [0.1, 0.15) is 90.5 Å². The Labute approximate surface area is 481 Å². The second kappa shape index (κ2) is 26.2. The minimum absolute atomic E-state index is 0.0173. The lowest BCUT2D eigenvalue weighted by molar-refractivity contribution is -0.176. The second-order valence-corrected chi connectivity index (χ2v) is 23.1. The number of Topliss-reactive ketones (excluding diaryl/α,β-unsaturated/α-hetero) is 1. The zero-order valence-corrected chi connectivity index (χ0v) is 47.0. The fourth-order valence-electron chi connectivity index (χ4n) is 11.2. The number of hydroxylamine groups is 2. The van der Waals surface area contributed by atoms with Gasteiger partial charge in [0.15, 0.2) is 6.29 Å². The van der Waals surface area contributed by atoms with Gasteiger partial charge >= 0.3 is 12.2 Å². The van der Waals surface area contributed by atoms with Gasteiger partial charge in [0, 0.05) is 62.6 Å². The summed E-state index contributed by atoms with van der Waals surface area (Å²) in [4.78, 5) is 188. The van der Waals surface area contributed by atoms with Gasteiger partial charge in [0.2, 0.25) is 52.9 Å². The standard InChI is InChI=1S/C52H68N12O19S/c1-4-25(2)41-46(75)56-19-37(68)57-34-23-84(79)48-30-16-33(44(73)55-20-38(69)61-41)59-47(76)42(26(3)35-22-80-50(78)81-35)62-51(24-65)18-27(66)21-63(51)52(43(72)32(17-36(53)67)58-45(34)74,82-28-9-10-29(30)31(15-28)60-48)13-7-5-6-8-14-54-49(77)83-64-39(70)11-12-40(64)71/h9-10,15,24-27,32-35,41-42,60,62,66H,4-8,11-14,16-23H2,1-3H3,(H2,53,67)(H,54,77)(H,55,73)(H,56,75)(H,57,68)(H,58,74)(H,59,76)(H,61,69)/t25-,26-,27+,32-,33?,34?,35?,41-,42-,51-,52?,84?/m0/s1. The molecule has 12 N–H and O–H groups in total. The van der Waals surface area contributed by atoms with Gasteiger partial charge in [-0.2, -0.15) is 0 Å². The first-order valence-electron chi connectivity index (χ1n) is 27.6. The molecular weight excluding hydrogens is 1130 g/mol. The van der Waals surface area contributed by atoms with E-state index < -0.39 is 205 Å². The van der Waals surface area contributed by atoms with E-state index in [1.807, 2.05) is 0 Å². The monoisotopic (exact) mass is 1200 g/mol. The van der Waals surface area contributed by atoms with Gasteiger partial charge in [-0.25, -0.2) is 14.5 Å². The average Bonchev–Trinajstić information content (AvgIpc) is 1.70. The number of aliphatic hydroxyl groups excluding tert-OH is 1. The number of cyclic esters (lactones) is 2. The number of aromatic amines is 1. The zero-order chi connectivity index (χ0) is 60.8. The van der Waals surface area contributed by atoms with E-state index in [0.29, 0.717) is 24.2 Å². The van der Waals surface area contributed by atoms with E-state index in [0.717, 1.165) is 4.90 Å². The van der Waals surface area contributed by atoms with Crippen LogP contribution in [0, 0.1) is 11.8 Å². The molecule has 8 bridgehead atoms. The maximum Gasteiger partial charge on any atom is 0.508 e. The lowest BCUT2D eigenvalue weighted by Crippen LogP contribution is -2.74. The Kier molecular flexibility index (Phi) is 19.3. The average molecular weight is 1200 g/mol. The molecule has 3 fully saturated rings. The number of benzene rings is 1. The van der Waals surface area contributed by atoms with E-state index in [9.17, 15) is 57.8 Å². The van der Waals surface area contributed by atoms with Crippen LogP contribution in [0.2, 0.25) is 0 Å².